The second-order valence-electron chi connectivity index (χ2n) is 3.65. The first-order valence-corrected chi connectivity index (χ1v) is 6.14. The van der Waals surface area contributed by atoms with Crippen molar-refractivity contribution in [3.05, 3.63) is 0 Å². The molecule has 1 fully saturated rings. The summed E-state index contributed by atoms with van der Waals surface area (Å²) in [6, 6.07) is 0. The second-order valence-corrected chi connectivity index (χ2v) is 4.63. The number of nitrogens with zero attached hydrogens (tertiary/aromatic N) is 2. The molecule has 6 N–H and O–H groups in total. The number of hydrazine groups is 1. The molecule has 94 valence electrons. The maximum atomic E-state index is 11.2. The number of aromatic nitrogens is 3. The van der Waals surface area contributed by atoms with Gasteiger partial charge in [-0.1, -0.05) is 11.8 Å². The quantitative estimate of drug-likeness (QED) is 0.236. The highest BCUT2D eigenvalue weighted by atomic mass is 32.2. The fourth-order valence-electron chi connectivity index (χ4n) is 1.60. The van der Waals surface area contributed by atoms with Crippen LogP contribution < -0.4 is 17.0 Å². The molecule has 0 radical (unpaired) electrons. The van der Waals surface area contributed by atoms with E-state index in [1.54, 1.807) is 0 Å². The highest BCUT2D eigenvalue weighted by Crippen LogP contribution is 2.25. The average Bonchev–Trinajstić information content (AvgIpc) is 2.94. The molecule has 1 aliphatic rings. The average molecular weight is 258 g/mol. The van der Waals surface area contributed by atoms with Gasteiger partial charge < -0.3 is 10.5 Å². The van der Waals surface area contributed by atoms with Crippen molar-refractivity contribution >= 4 is 23.6 Å². The molecule has 17 heavy (non-hydrogen) atoms. The molecule has 9 heteroatoms. The topological polar surface area (TPSA) is 132 Å². The number of H-pyrrole nitrogens is 1. The van der Waals surface area contributed by atoms with E-state index in [1.807, 2.05) is 0 Å². The molecule has 0 bridgehead atoms. The Labute approximate surface area is 102 Å². The summed E-state index contributed by atoms with van der Waals surface area (Å²) in [5.41, 5.74) is 7.49. The highest BCUT2D eigenvalue weighted by Gasteiger charge is 2.30. The van der Waals surface area contributed by atoms with Crippen molar-refractivity contribution < 1.29 is 9.53 Å². The zero-order valence-corrected chi connectivity index (χ0v) is 9.87. The summed E-state index contributed by atoms with van der Waals surface area (Å²) in [5, 5.41) is 7.03. The van der Waals surface area contributed by atoms with Crippen LogP contribution in [-0.2, 0) is 9.53 Å². The van der Waals surface area contributed by atoms with Gasteiger partial charge in [0.15, 0.2) is 0 Å². The molecule has 0 spiro atoms. The van der Waals surface area contributed by atoms with Crippen molar-refractivity contribution in [2.75, 3.05) is 11.5 Å². The molecule has 0 aliphatic carbocycles. The summed E-state index contributed by atoms with van der Waals surface area (Å²) in [4.78, 5) is 15.2. The predicted molar refractivity (Wildman–Crippen MR) is 61.7 cm³/mol. The van der Waals surface area contributed by atoms with Crippen LogP contribution in [0.15, 0.2) is 5.16 Å². The van der Waals surface area contributed by atoms with Crippen molar-refractivity contribution in [2.45, 2.75) is 30.2 Å². The normalized spacial score (nSPS) is 23.8. The zero-order valence-electron chi connectivity index (χ0n) is 9.05. The van der Waals surface area contributed by atoms with E-state index in [1.165, 1.54) is 11.8 Å². The minimum atomic E-state index is -0.442. The number of hydrogen-bond donors (Lipinski definition) is 4. The van der Waals surface area contributed by atoms with E-state index in [-0.39, 0.29) is 12.0 Å². The fourth-order valence-corrected chi connectivity index (χ4v) is 2.46. The minimum Gasteiger partial charge on any atom is -0.368 e. The Balaban J connectivity index is 1.76. The van der Waals surface area contributed by atoms with Crippen molar-refractivity contribution in [3.63, 3.8) is 0 Å². The number of thioether (sulfide) groups is 1. The molecule has 2 heterocycles. The molecular weight excluding hydrogens is 244 g/mol. The van der Waals surface area contributed by atoms with E-state index in [2.05, 4.69) is 20.6 Å². The smallest absolute Gasteiger partial charge is 0.263 e. The summed E-state index contributed by atoms with van der Waals surface area (Å²) in [6.45, 7) is 0. The lowest BCUT2D eigenvalue weighted by Gasteiger charge is -2.11. The summed E-state index contributed by atoms with van der Waals surface area (Å²) in [7, 11) is 0. The van der Waals surface area contributed by atoms with Gasteiger partial charge in [-0.25, -0.2) is 10.9 Å². The summed E-state index contributed by atoms with van der Waals surface area (Å²) in [5.74, 6) is 5.74. The summed E-state index contributed by atoms with van der Waals surface area (Å²) >= 11 is 1.44. The van der Waals surface area contributed by atoms with E-state index in [4.69, 9.17) is 16.3 Å². The molecule has 2 atom stereocenters. The standard InChI is InChI=1S/C8H14N6O2S/c9-7-11-8(14-13-7)17-3-4-1-2-5(16-4)6(15)12-10/h4-5H,1-3,10H2,(H,12,15)(H3,9,11,13,14). The fraction of sp³-hybridized carbons (Fsp3) is 0.625. The van der Waals surface area contributed by atoms with E-state index >= 15 is 0 Å². The highest BCUT2D eigenvalue weighted by molar-refractivity contribution is 7.99. The van der Waals surface area contributed by atoms with Crippen molar-refractivity contribution in [1.82, 2.24) is 20.6 Å². The van der Waals surface area contributed by atoms with Crippen LogP contribution in [0, 0.1) is 0 Å². The van der Waals surface area contributed by atoms with Gasteiger partial charge in [0.1, 0.15) is 6.10 Å². The Morgan fingerprint density at radius 1 is 1.65 bits per heavy atom. The van der Waals surface area contributed by atoms with Crippen LogP contribution in [0.3, 0.4) is 0 Å². The van der Waals surface area contributed by atoms with Crippen molar-refractivity contribution in [3.8, 4) is 0 Å². The van der Waals surface area contributed by atoms with Crippen LogP contribution >= 0.6 is 11.8 Å². The summed E-state index contributed by atoms with van der Waals surface area (Å²) < 4.78 is 5.53. The number of nitrogen functional groups attached to an aromatic ring is 1. The Morgan fingerprint density at radius 2 is 2.47 bits per heavy atom. The molecule has 2 rings (SSSR count). The number of aromatic amines is 1. The molecule has 1 saturated heterocycles. The molecular formula is C8H14N6O2S. The molecule has 1 aliphatic heterocycles. The van der Waals surface area contributed by atoms with Gasteiger partial charge in [0.25, 0.3) is 5.91 Å². The number of anilines is 1. The number of hydrogen-bond acceptors (Lipinski definition) is 7. The third-order valence-corrected chi connectivity index (χ3v) is 3.40. The van der Waals surface area contributed by atoms with Gasteiger partial charge in [-0.2, -0.15) is 4.98 Å². The largest absolute Gasteiger partial charge is 0.368 e. The van der Waals surface area contributed by atoms with E-state index < -0.39 is 6.10 Å². The molecule has 1 amide bonds. The van der Waals surface area contributed by atoms with Gasteiger partial charge in [0, 0.05) is 5.75 Å². The number of nitrogens with one attached hydrogen (secondary N) is 2. The van der Waals surface area contributed by atoms with Gasteiger partial charge >= 0.3 is 0 Å². The van der Waals surface area contributed by atoms with Crippen LogP contribution in [0.25, 0.3) is 0 Å². The van der Waals surface area contributed by atoms with Gasteiger partial charge in [-0.3, -0.25) is 10.2 Å². The lowest BCUT2D eigenvalue weighted by atomic mass is 10.2. The number of carbonyl (C=O) groups is 1. The number of ether oxygens (including phenoxy) is 1. The Kier molecular flexibility index (Phi) is 3.82. The Morgan fingerprint density at radius 3 is 3.12 bits per heavy atom. The lowest BCUT2D eigenvalue weighted by Crippen LogP contribution is -2.39. The molecule has 1 aromatic heterocycles. The number of rotatable bonds is 4. The maximum Gasteiger partial charge on any atom is 0.263 e. The van der Waals surface area contributed by atoms with Gasteiger partial charge in [-0.05, 0) is 12.8 Å². The molecule has 0 aromatic carbocycles. The monoisotopic (exact) mass is 258 g/mol. The van der Waals surface area contributed by atoms with E-state index in [0.717, 1.165) is 6.42 Å². The first kappa shape index (κ1) is 12.1. The number of amides is 1. The van der Waals surface area contributed by atoms with E-state index in [9.17, 15) is 4.79 Å². The van der Waals surface area contributed by atoms with Gasteiger partial charge in [0.05, 0.1) is 6.10 Å². The lowest BCUT2D eigenvalue weighted by molar-refractivity contribution is -0.131. The number of carbonyl (C=O) groups excluding carboxylic acids is 1. The van der Waals surface area contributed by atoms with Gasteiger partial charge in [0.2, 0.25) is 11.1 Å². The Bertz CT molecular complexity index is 397. The third-order valence-electron chi connectivity index (χ3n) is 2.42. The van der Waals surface area contributed by atoms with Crippen LogP contribution in [0.5, 0.6) is 0 Å². The van der Waals surface area contributed by atoms with Crippen LogP contribution in [0.1, 0.15) is 12.8 Å². The maximum absolute atomic E-state index is 11.2. The molecule has 8 nitrogen and oxygen atoms in total. The minimum absolute atomic E-state index is 0.0158. The van der Waals surface area contributed by atoms with Crippen molar-refractivity contribution in [1.29, 1.82) is 0 Å². The number of nitrogens with two attached hydrogens (primary N) is 2. The van der Waals surface area contributed by atoms with Crippen LogP contribution in [0.4, 0.5) is 5.95 Å². The Hall–Kier alpha value is -1.32. The van der Waals surface area contributed by atoms with E-state index in [0.29, 0.717) is 23.3 Å². The van der Waals surface area contributed by atoms with Crippen LogP contribution in [0.2, 0.25) is 0 Å². The SMILES string of the molecule is NNC(=O)C1CCC(CSc2n[nH]c(N)n2)O1. The van der Waals surface area contributed by atoms with Crippen LogP contribution in [-0.4, -0.2) is 39.0 Å². The van der Waals surface area contributed by atoms with Crippen molar-refractivity contribution in [2.24, 2.45) is 5.84 Å². The second kappa shape index (κ2) is 5.34. The third kappa shape index (κ3) is 3.08. The molecule has 2 unspecified atom stereocenters. The molecule has 0 saturated carbocycles. The first-order valence-electron chi connectivity index (χ1n) is 5.15. The predicted octanol–water partition coefficient (Wildman–Crippen LogP) is -0.983. The van der Waals surface area contributed by atoms with Gasteiger partial charge in [-0.15, -0.1) is 5.10 Å². The molecule has 1 aromatic rings. The first-order chi connectivity index (χ1) is 8.19. The zero-order chi connectivity index (χ0) is 12.3. The summed E-state index contributed by atoms with van der Waals surface area (Å²) in [6.07, 6.45) is 1.08.